The fourth-order valence-corrected chi connectivity index (χ4v) is 0.807. The van der Waals surface area contributed by atoms with Crippen LogP contribution in [-0.2, 0) is 0 Å². The summed E-state index contributed by atoms with van der Waals surface area (Å²) in [6.07, 6.45) is -0.243. The van der Waals surface area contributed by atoms with Crippen LogP contribution in [0.5, 0.6) is 0 Å². The lowest BCUT2D eigenvalue weighted by Crippen LogP contribution is -2.36. The molecule has 0 aromatic carbocycles. The molecule has 0 aromatic rings. The lowest BCUT2D eigenvalue weighted by atomic mass is 9.81. The number of aliphatic hydroxyl groups is 1. The van der Waals surface area contributed by atoms with Crippen molar-refractivity contribution in [3.63, 3.8) is 0 Å². The molecular weight excluding hydrogens is 150 g/mol. The van der Waals surface area contributed by atoms with Gasteiger partial charge in [0, 0.05) is 13.1 Å². The van der Waals surface area contributed by atoms with E-state index < -0.39 is 0 Å². The van der Waals surface area contributed by atoms with Gasteiger partial charge in [0.2, 0.25) is 0 Å². The van der Waals surface area contributed by atoms with Gasteiger partial charge in [0.1, 0.15) is 0 Å². The summed E-state index contributed by atoms with van der Waals surface area (Å²) in [5, 5.41) is 12.3. The van der Waals surface area contributed by atoms with Gasteiger partial charge in [0.25, 0.3) is 0 Å². The second-order valence-corrected chi connectivity index (χ2v) is 4.62. The molecule has 0 spiro atoms. The predicted molar refractivity (Wildman–Crippen MR) is 53.2 cm³/mol. The topological polar surface area (TPSA) is 32.3 Å². The zero-order chi connectivity index (χ0) is 9.78. The van der Waals surface area contributed by atoms with Crippen LogP contribution in [0.4, 0.5) is 0 Å². The molecule has 0 aliphatic carbocycles. The monoisotopic (exact) mass is 173 g/mol. The molecule has 0 unspecified atom stereocenters. The second-order valence-electron chi connectivity index (χ2n) is 4.62. The molecule has 2 heteroatoms. The SMILES string of the molecule is CC(C)C(C)(C)CNC[C@H](C)O. The first kappa shape index (κ1) is 11.9. The van der Waals surface area contributed by atoms with Gasteiger partial charge in [-0.05, 0) is 18.3 Å². The fourth-order valence-electron chi connectivity index (χ4n) is 0.807. The molecule has 2 nitrogen and oxygen atoms in total. The van der Waals surface area contributed by atoms with E-state index in [1.54, 1.807) is 6.92 Å². The molecule has 0 rings (SSSR count). The van der Waals surface area contributed by atoms with Crippen LogP contribution in [0.1, 0.15) is 34.6 Å². The van der Waals surface area contributed by atoms with Crippen LogP contribution in [0.25, 0.3) is 0 Å². The Hall–Kier alpha value is -0.0800. The Morgan fingerprint density at radius 3 is 2.08 bits per heavy atom. The maximum absolute atomic E-state index is 9.03. The van der Waals surface area contributed by atoms with Crippen LogP contribution in [-0.4, -0.2) is 24.3 Å². The summed E-state index contributed by atoms with van der Waals surface area (Å²) in [5.74, 6) is 0.666. The molecule has 1 atom stereocenters. The van der Waals surface area contributed by atoms with Gasteiger partial charge in [-0.2, -0.15) is 0 Å². The van der Waals surface area contributed by atoms with Crippen molar-refractivity contribution in [1.29, 1.82) is 0 Å². The first-order valence-electron chi connectivity index (χ1n) is 4.75. The summed E-state index contributed by atoms with van der Waals surface area (Å²) in [5.41, 5.74) is 0.314. The zero-order valence-corrected chi connectivity index (χ0v) is 9.02. The third kappa shape index (κ3) is 4.73. The molecule has 0 aromatic heterocycles. The van der Waals surface area contributed by atoms with Crippen molar-refractivity contribution in [3.8, 4) is 0 Å². The van der Waals surface area contributed by atoms with Gasteiger partial charge in [0.05, 0.1) is 6.10 Å². The van der Waals surface area contributed by atoms with E-state index in [4.69, 9.17) is 5.11 Å². The normalized spacial score (nSPS) is 15.2. The highest BCUT2D eigenvalue weighted by molar-refractivity contribution is 4.75. The number of hydrogen-bond acceptors (Lipinski definition) is 2. The van der Waals surface area contributed by atoms with Gasteiger partial charge >= 0.3 is 0 Å². The Kier molecular flexibility index (Phi) is 4.80. The highest BCUT2D eigenvalue weighted by atomic mass is 16.3. The van der Waals surface area contributed by atoms with E-state index in [1.165, 1.54) is 0 Å². The maximum atomic E-state index is 9.03. The van der Waals surface area contributed by atoms with E-state index >= 15 is 0 Å². The van der Waals surface area contributed by atoms with Crippen LogP contribution in [0.15, 0.2) is 0 Å². The van der Waals surface area contributed by atoms with Crippen LogP contribution < -0.4 is 5.32 Å². The van der Waals surface area contributed by atoms with E-state index in [0.29, 0.717) is 17.9 Å². The quantitative estimate of drug-likeness (QED) is 0.662. The molecule has 0 fully saturated rings. The van der Waals surface area contributed by atoms with Crippen molar-refractivity contribution in [1.82, 2.24) is 5.32 Å². The average Bonchev–Trinajstić information content (AvgIpc) is 1.85. The molecule has 2 N–H and O–H groups in total. The van der Waals surface area contributed by atoms with E-state index in [2.05, 4.69) is 33.0 Å². The molecular formula is C10H23NO. The Morgan fingerprint density at radius 2 is 1.75 bits per heavy atom. The highest BCUT2D eigenvalue weighted by Crippen LogP contribution is 2.24. The van der Waals surface area contributed by atoms with Crippen molar-refractivity contribution in [2.75, 3.05) is 13.1 Å². The first-order chi connectivity index (χ1) is 5.36. The minimum Gasteiger partial charge on any atom is -0.392 e. The Balaban J connectivity index is 3.61. The van der Waals surface area contributed by atoms with Gasteiger partial charge in [-0.15, -0.1) is 0 Å². The van der Waals surface area contributed by atoms with E-state index in [0.717, 1.165) is 6.54 Å². The van der Waals surface area contributed by atoms with Gasteiger partial charge < -0.3 is 10.4 Å². The number of aliphatic hydroxyl groups excluding tert-OH is 1. The predicted octanol–water partition coefficient (Wildman–Crippen LogP) is 1.64. The third-order valence-corrected chi connectivity index (χ3v) is 2.58. The summed E-state index contributed by atoms with van der Waals surface area (Å²) < 4.78 is 0. The average molecular weight is 173 g/mol. The largest absolute Gasteiger partial charge is 0.392 e. The smallest absolute Gasteiger partial charge is 0.0636 e. The lowest BCUT2D eigenvalue weighted by molar-refractivity contribution is 0.174. The van der Waals surface area contributed by atoms with Crippen LogP contribution in [0.2, 0.25) is 0 Å². The standard InChI is InChI=1S/C10H23NO/c1-8(2)10(4,5)7-11-6-9(3)12/h8-9,11-12H,6-7H2,1-5H3/t9-/m0/s1. The fraction of sp³-hybridized carbons (Fsp3) is 1.00. The van der Waals surface area contributed by atoms with Crippen molar-refractivity contribution in [2.24, 2.45) is 11.3 Å². The van der Waals surface area contributed by atoms with Crippen LogP contribution in [0.3, 0.4) is 0 Å². The van der Waals surface area contributed by atoms with Crippen molar-refractivity contribution in [2.45, 2.75) is 40.7 Å². The number of nitrogens with one attached hydrogen (secondary N) is 1. The third-order valence-electron chi connectivity index (χ3n) is 2.58. The molecule has 0 heterocycles. The summed E-state index contributed by atoms with van der Waals surface area (Å²) >= 11 is 0. The first-order valence-corrected chi connectivity index (χ1v) is 4.75. The molecule has 74 valence electrons. The summed E-state index contributed by atoms with van der Waals surface area (Å²) in [6, 6.07) is 0. The zero-order valence-electron chi connectivity index (χ0n) is 9.02. The van der Waals surface area contributed by atoms with E-state index in [9.17, 15) is 0 Å². The minimum absolute atomic E-state index is 0.243. The van der Waals surface area contributed by atoms with Crippen LogP contribution in [0, 0.1) is 11.3 Å². The Morgan fingerprint density at radius 1 is 1.25 bits per heavy atom. The van der Waals surface area contributed by atoms with Gasteiger partial charge in [-0.25, -0.2) is 0 Å². The summed E-state index contributed by atoms with van der Waals surface area (Å²) in [7, 11) is 0. The molecule has 0 radical (unpaired) electrons. The molecule has 0 saturated carbocycles. The highest BCUT2D eigenvalue weighted by Gasteiger charge is 2.21. The summed E-state index contributed by atoms with van der Waals surface area (Å²) in [4.78, 5) is 0. The maximum Gasteiger partial charge on any atom is 0.0636 e. The molecule has 0 aliphatic heterocycles. The molecule has 0 aliphatic rings. The van der Waals surface area contributed by atoms with Crippen LogP contribution >= 0.6 is 0 Å². The minimum atomic E-state index is -0.243. The molecule has 0 amide bonds. The lowest BCUT2D eigenvalue weighted by Gasteiger charge is -2.29. The molecule has 0 bridgehead atoms. The van der Waals surface area contributed by atoms with Gasteiger partial charge in [-0.1, -0.05) is 27.7 Å². The molecule has 0 saturated heterocycles. The molecule has 12 heavy (non-hydrogen) atoms. The van der Waals surface area contributed by atoms with E-state index in [1.807, 2.05) is 0 Å². The summed E-state index contributed by atoms with van der Waals surface area (Å²) in [6.45, 7) is 12.4. The van der Waals surface area contributed by atoms with Gasteiger partial charge in [0.15, 0.2) is 0 Å². The number of hydrogen-bond donors (Lipinski definition) is 2. The second kappa shape index (κ2) is 4.83. The van der Waals surface area contributed by atoms with Crippen molar-refractivity contribution >= 4 is 0 Å². The Bertz CT molecular complexity index is 119. The number of rotatable bonds is 5. The Labute approximate surface area is 76.4 Å². The van der Waals surface area contributed by atoms with E-state index in [-0.39, 0.29) is 6.10 Å². The van der Waals surface area contributed by atoms with Crippen molar-refractivity contribution < 1.29 is 5.11 Å². The van der Waals surface area contributed by atoms with Crippen molar-refractivity contribution in [3.05, 3.63) is 0 Å². The van der Waals surface area contributed by atoms with Gasteiger partial charge in [-0.3, -0.25) is 0 Å².